The minimum atomic E-state index is -0.148. The molecule has 1 aromatic heterocycles. The van der Waals surface area contributed by atoms with Gasteiger partial charge in [-0.3, -0.25) is 14.3 Å². The Morgan fingerprint density at radius 3 is 2.53 bits per heavy atom. The van der Waals surface area contributed by atoms with E-state index in [0.717, 1.165) is 108 Å². The Morgan fingerprint density at radius 1 is 0.967 bits per heavy atom. The fourth-order valence-corrected chi connectivity index (χ4v) is 5.72. The molecule has 0 atom stereocenters. The Morgan fingerprint density at radius 2 is 1.73 bits per heavy atom. The van der Waals surface area contributed by atoms with Crippen molar-refractivity contribution in [3.8, 4) is 0 Å². The van der Waals surface area contributed by atoms with Gasteiger partial charge in [0.2, 0.25) is 5.91 Å². The van der Waals surface area contributed by atoms with E-state index in [1.54, 1.807) is 0 Å². The van der Waals surface area contributed by atoms with Crippen LogP contribution in [-0.4, -0.2) is 76.9 Å². The first kappa shape index (κ1) is 21.8. The second-order valence-corrected chi connectivity index (χ2v) is 9.49. The van der Waals surface area contributed by atoms with E-state index < -0.39 is 0 Å². The van der Waals surface area contributed by atoms with Crippen molar-refractivity contribution in [2.24, 2.45) is 0 Å². The standard InChI is InChI=1S/C22H34N4O3S/c27-20(25-10-4-1-5-11-25)17-30-21-18-7-2-3-8-19(18)26(22(28)23-21)12-6-9-24-13-15-29-16-14-24/h1-17H2. The lowest BCUT2D eigenvalue weighted by molar-refractivity contribution is -0.129. The average molecular weight is 435 g/mol. The van der Waals surface area contributed by atoms with E-state index in [2.05, 4.69) is 9.88 Å². The van der Waals surface area contributed by atoms with Crippen LogP contribution in [0.2, 0.25) is 0 Å². The Balaban J connectivity index is 1.41. The molecule has 1 aromatic rings. The predicted octanol–water partition coefficient (Wildman–Crippen LogP) is 1.95. The molecule has 0 saturated carbocycles. The van der Waals surface area contributed by atoms with Gasteiger partial charge in [-0.1, -0.05) is 11.8 Å². The van der Waals surface area contributed by atoms with Crippen molar-refractivity contribution in [2.45, 2.75) is 62.9 Å². The molecule has 1 aliphatic carbocycles. The molecule has 8 heteroatoms. The minimum absolute atomic E-state index is 0.148. The SMILES string of the molecule is O=C(CSc1nc(=O)n(CCCN2CCOCC2)c2c1CCCC2)N1CCCCC1. The average Bonchev–Trinajstić information content (AvgIpc) is 2.80. The summed E-state index contributed by atoms with van der Waals surface area (Å²) in [5, 5.41) is 0.796. The van der Waals surface area contributed by atoms with Crippen molar-refractivity contribution in [3.63, 3.8) is 0 Å². The summed E-state index contributed by atoms with van der Waals surface area (Å²) in [7, 11) is 0. The first-order valence-electron chi connectivity index (χ1n) is 11.6. The van der Waals surface area contributed by atoms with Gasteiger partial charge in [0.25, 0.3) is 0 Å². The molecule has 3 aliphatic rings. The van der Waals surface area contributed by atoms with Crippen LogP contribution in [0.5, 0.6) is 0 Å². The maximum atomic E-state index is 12.9. The molecule has 0 spiro atoms. The van der Waals surface area contributed by atoms with Crippen molar-refractivity contribution < 1.29 is 9.53 Å². The number of carbonyl (C=O) groups excluding carboxylic acids is 1. The molecule has 166 valence electrons. The molecule has 0 bridgehead atoms. The molecule has 0 unspecified atom stereocenters. The molecule has 7 nitrogen and oxygen atoms in total. The maximum absolute atomic E-state index is 12.9. The molecule has 3 heterocycles. The van der Waals surface area contributed by atoms with E-state index in [1.807, 2.05) is 9.47 Å². The number of nitrogens with zero attached hydrogens (tertiary/aromatic N) is 4. The van der Waals surface area contributed by atoms with E-state index in [1.165, 1.54) is 23.7 Å². The first-order chi connectivity index (χ1) is 14.7. The number of rotatable bonds is 7. The van der Waals surface area contributed by atoms with Crippen molar-refractivity contribution in [1.82, 2.24) is 19.4 Å². The molecule has 1 amide bonds. The predicted molar refractivity (Wildman–Crippen MR) is 118 cm³/mol. The van der Waals surface area contributed by atoms with Crippen molar-refractivity contribution in [1.29, 1.82) is 0 Å². The highest BCUT2D eigenvalue weighted by molar-refractivity contribution is 7.99. The highest BCUT2D eigenvalue weighted by Gasteiger charge is 2.23. The summed E-state index contributed by atoms with van der Waals surface area (Å²) in [6.45, 7) is 7.02. The van der Waals surface area contributed by atoms with Crippen LogP contribution in [0.25, 0.3) is 0 Å². The largest absolute Gasteiger partial charge is 0.379 e. The third kappa shape index (κ3) is 5.45. The zero-order chi connectivity index (χ0) is 20.8. The number of likely N-dealkylation sites (tertiary alicyclic amines) is 1. The van der Waals surface area contributed by atoms with Gasteiger partial charge in [0, 0.05) is 50.5 Å². The van der Waals surface area contributed by atoms with Gasteiger partial charge in [0.15, 0.2) is 0 Å². The molecule has 2 fully saturated rings. The summed E-state index contributed by atoms with van der Waals surface area (Å²) >= 11 is 1.47. The molecule has 4 rings (SSSR count). The second kappa shape index (κ2) is 10.8. The van der Waals surface area contributed by atoms with E-state index in [-0.39, 0.29) is 11.6 Å². The van der Waals surface area contributed by atoms with E-state index in [9.17, 15) is 9.59 Å². The van der Waals surface area contributed by atoms with Crippen molar-refractivity contribution >= 4 is 17.7 Å². The second-order valence-electron chi connectivity index (χ2n) is 8.52. The van der Waals surface area contributed by atoms with Crippen molar-refractivity contribution in [2.75, 3.05) is 51.7 Å². The first-order valence-corrected chi connectivity index (χ1v) is 12.5. The van der Waals surface area contributed by atoms with Crippen LogP contribution < -0.4 is 5.69 Å². The number of thioether (sulfide) groups is 1. The van der Waals surface area contributed by atoms with Crippen LogP contribution >= 0.6 is 11.8 Å². The molecule has 0 N–H and O–H groups in total. The molecule has 2 aliphatic heterocycles. The van der Waals surface area contributed by atoms with Crippen LogP contribution in [0, 0.1) is 0 Å². The molecule has 0 radical (unpaired) electrons. The number of fused-ring (bicyclic) bond motifs is 1. The van der Waals surface area contributed by atoms with Gasteiger partial charge in [0.1, 0.15) is 5.03 Å². The summed E-state index contributed by atoms with van der Waals surface area (Å²) in [6.07, 6.45) is 8.54. The Labute approximate surface area is 183 Å². The van der Waals surface area contributed by atoms with Crippen LogP contribution in [0.1, 0.15) is 49.8 Å². The molecule has 30 heavy (non-hydrogen) atoms. The number of hydrogen-bond acceptors (Lipinski definition) is 6. The summed E-state index contributed by atoms with van der Waals surface area (Å²) in [4.78, 5) is 34.2. The van der Waals surface area contributed by atoms with Gasteiger partial charge in [-0.05, 0) is 51.4 Å². The summed E-state index contributed by atoms with van der Waals surface area (Å²) in [6, 6.07) is 0. The number of aromatic nitrogens is 2. The highest BCUT2D eigenvalue weighted by atomic mass is 32.2. The molecule has 2 saturated heterocycles. The Bertz CT molecular complexity index is 785. The topological polar surface area (TPSA) is 67.7 Å². The summed E-state index contributed by atoms with van der Waals surface area (Å²) in [5.41, 5.74) is 2.23. The Kier molecular flexibility index (Phi) is 7.84. The van der Waals surface area contributed by atoms with Gasteiger partial charge in [-0.2, -0.15) is 4.98 Å². The fraction of sp³-hybridized carbons (Fsp3) is 0.773. The zero-order valence-electron chi connectivity index (χ0n) is 17.9. The molecular weight excluding hydrogens is 400 g/mol. The smallest absolute Gasteiger partial charge is 0.348 e. The van der Waals surface area contributed by atoms with Gasteiger partial charge in [0.05, 0.1) is 19.0 Å². The van der Waals surface area contributed by atoms with Crippen LogP contribution in [-0.2, 0) is 28.9 Å². The van der Waals surface area contributed by atoms with Gasteiger partial charge in [-0.15, -0.1) is 0 Å². The number of amides is 1. The third-order valence-corrected chi connectivity index (χ3v) is 7.45. The van der Waals surface area contributed by atoms with Gasteiger partial charge < -0.3 is 9.64 Å². The van der Waals surface area contributed by atoms with Crippen LogP contribution in [0.15, 0.2) is 9.82 Å². The molecule has 0 aromatic carbocycles. The summed E-state index contributed by atoms with van der Waals surface area (Å²) in [5.74, 6) is 0.570. The lowest BCUT2D eigenvalue weighted by Crippen LogP contribution is -2.38. The highest BCUT2D eigenvalue weighted by Crippen LogP contribution is 2.29. The number of ether oxygens (including phenoxy) is 1. The number of hydrogen-bond donors (Lipinski definition) is 0. The van der Waals surface area contributed by atoms with Crippen LogP contribution in [0.4, 0.5) is 0 Å². The normalized spacial score (nSPS) is 20.2. The van der Waals surface area contributed by atoms with Gasteiger partial charge >= 0.3 is 5.69 Å². The lowest BCUT2D eigenvalue weighted by atomic mass is 9.97. The number of carbonyl (C=O) groups is 1. The quantitative estimate of drug-likeness (QED) is 0.483. The Hall–Kier alpha value is -1.38. The van der Waals surface area contributed by atoms with Crippen LogP contribution in [0.3, 0.4) is 0 Å². The third-order valence-electron chi connectivity index (χ3n) is 6.45. The number of piperidine rings is 1. The maximum Gasteiger partial charge on any atom is 0.348 e. The van der Waals surface area contributed by atoms with Crippen molar-refractivity contribution in [3.05, 3.63) is 21.7 Å². The fourth-order valence-electron chi connectivity index (χ4n) is 4.74. The zero-order valence-corrected chi connectivity index (χ0v) is 18.8. The number of morpholine rings is 1. The molecular formula is C22H34N4O3S. The van der Waals surface area contributed by atoms with E-state index in [0.29, 0.717) is 5.75 Å². The van der Waals surface area contributed by atoms with Gasteiger partial charge in [-0.25, -0.2) is 4.79 Å². The van der Waals surface area contributed by atoms with E-state index in [4.69, 9.17) is 4.74 Å². The minimum Gasteiger partial charge on any atom is -0.379 e. The lowest BCUT2D eigenvalue weighted by Gasteiger charge is -2.28. The summed E-state index contributed by atoms with van der Waals surface area (Å²) < 4.78 is 7.32. The van der Waals surface area contributed by atoms with E-state index >= 15 is 0 Å². The monoisotopic (exact) mass is 434 g/mol.